The minimum Gasteiger partial charge on any atom is -0.678 e. The van der Waals surface area contributed by atoms with E-state index < -0.39 is 6.10 Å². The fourth-order valence-electron chi connectivity index (χ4n) is 4.76. The van der Waals surface area contributed by atoms with Gasteiger partial charge in [0.2, 0.25) is 5.91 Å². The van der Waals surface area contributed by atoms with Gasteiger partial charge in [0.15, 0.2) is 0 Å². The molecule has 2 heterocycles. The Labute approximate surface area is 322 Å². The molecule has 7 nitrogen and oxygen atoms in total. The van der Waals surface area contributed by atoms with Crippen LogP contribution in [0.15, 0.2) is 29.8 Å². The van der Waals surface area contributed by atoms with Crippen LogP contribution >= 0.6 is 11.3 Å². The molecule has 10 heteroatoms. The Morgan fingerprint density at radius 2 is 1.67 bits per heavy atom. The maximum atomic E-state index is 12.3. The van der Waals surface area contributed by atoms with Crippen molar-refractivity contribution in [1.82, 2.24) is 10.3 Å². The maximum Gasteiger partial charge on any atom is 1.00 e. The van der Waals surface area contributed by atoms with Crippen LogP contribution in [0.1, 0.15) is 122 Å². The quantitative estimate of drug-likeness (QED) is 0.156. The summed E-state index contributed by atoms with van der Waals surface area (Å²) < 4.78 is 0. The van der Waals surface area contributed by atoms with Crippen molar-refractivity contribution in [2.45, 2.75) is 130 Å². The van der Waals surface area contributed by atoms with Gasteiger partial charge in [0, 0.05) is 27.5 Å². The van der Waals surface area contributed by atoms with Crippen LogP contribution in [0.2, 0.25) is 0 Å². The van der Waals surface area contributed by atoms with E-state index in [9.17, 15) is 9.90 Å². The topological polar surface area (TPSA) is 116 Å². The number of hydrogen-bond acceptors (Lipinski definition) is 5. The number of carbonyl (C=O) groups excluding carboxylic acids is 1. The normalized spacial score (nSPS) is 15.8. The van der Waals surface area contributed by atoms with Crippen LogP contribution in [0.25, 0.3) is 21.1 Å². The van der Waals surface area contributed by atoms with Gasteiger partial charge in [0.1, 0.15) is 0 Å². The van der Waals surface area contributed by atoms with Gasteiger partial charge in [0.25, 0.3) is 0 Å². The molecular formula is C33H55KN5O2SW-. The molecule has 1 aliphatic rings. The van der Waals surface area contributed by atoms with E-state index in [1.807, 2.05) is 36.7 Å². The molecule has 1 saturated heterocycles. The first-order chi connectivity index (χ1) is 19.6. The molecule has 3 unspecified atom stereocenters. The summed E-state index contributed by atoms with van der Waals surface area (Å²) in [4.78, 5) is 17.7. The van der Waals surface area contributed by atoms with Crippen LogP contribution < -0.4 is 62.4 Å². The first-order valence-electron chi connectivity index (χ1n) is 15.7. The Morgan fingerprint density at radius 1 is 1.09 bits per heavy atom. The molecule has 1 aliphatic heterocycles. The van der Waals surface area contributed by atoms with Crippen molar-refractivity contribution in [2.75, 3.05) is 13.1 Å². The number of amides is 1. The summed E-state index contributed by atoms with van der Waals surface area (Å²) in [5, 5.41) is 21.8. The molecule has 2 aromatic rings. The van der Waals surface area contributed by atoms with Crippen LogP contribution in [-0.2, 0) is 25.9 Å². The summed E-state index contributed by atoms with van der Waals surface area (Å²) in [6.07, 6.45) is 13.3. The number of aromatic nitrogens is 1. The van der Waals surface area contributed by atoms with Crippen molar-refractivity contribution in [3.8, 4) is 10.4 Å². The van der Waals surface area contributed by atoms with Crippen molar-refractivity contribution in [3.63, 3.8) is 0 Å². The predicted octanol–water partition coefficient (Wildman–Crippen LogP) is 5.38. The molecule has 1 aromatic heterocycles. The van der Waals surface area contributed by atoms with E-state index in [1.54, 1.807) is 18.3 Å². The molecular weight excluding hydrogens is 753 g/mol. The maximum absolute atomic E-state index is 12.3. The summed E-state index contributed by atoms with van der Waals surface area (Å²) >= 11 is 1.64. The van der Waals surface area contributed by atoms with E-state index in [0.717, 1.165) is 56.5 Å². The van der Waals surface area contributed by atoms with E-state index in [2.05, 4.69) is 36.4 Å². The van der Waals surface area contributed by atoms with E-state index in [1.165, 1.54) is 49.0 Å². The Balaban J connectivity index is 0.000000882. The first-order valence-corrected chi connectivity index (χ1v) is 16.5. The van der Waals surface area contributed by atoms with Crippen LogP contribution in [0, 0.1) is 12.3 Å². The van der Waals surface area contributed by atoms with Crippen LogP contribution in [0.3, 0.4) is 0 Å². The second kappa shape index (κ2) is 24.6. The van der Waals surface area contributed by atoms with Crippen LogP contribution in [0.4, 0.5) is 0 Å². The molecule has 3 atom stereocenters. The molecule has 0 spiro atoms. The summed E-state index contributed by atoms with van der Waals surface area (Å²) in [7, 11) is 0. The monoisotopic (exact) mass is 808 g/mol. The van der Waals surface area contributed by atoms with Gasteiger partial charge in [-0.2, -0.15) is 6.54 Å². The Hall–Kier alpha value is 0.485. The first kappa shape index (κ1) is 43.5. The molecule has 1 amide bonds. The SMILES string of the molecule is CC(C)(C)C([N-]C1CCC[N-]1)NC(=O)CCCCCCCCCCCN.Cc1ncsc1-c1ccc(C(C)O)cc1.[K+].[W]. The van der Waals surface area contributed by atoms with Gasteiger partial charge in [0.05, 0.1) is 22.2 Å². The number of nitrogens with one attached hydrogen (secondary N) is 1. The second-order valence-electron chi connectivity index (χ2n) is 12.3. The van der Waals surface area contributed by atoms with Gasteiger partial charge in [-0.1, -0.05) is 109 Å². The zero-order valence-corrected chi connectivity index (χ0v) is 34.5. The van der Waals surface area contributed by atoms with E-state index in [0.29, 0.717) is 6.42 Å². The number of aliphatic hydroxyl groups is 1. The number of thiazole rings is 1. The molecule has 0 radical (unpaired) electrons. The Morgan fingerprint density at radius 3 is 2.14 bits per heavy atom. The number of rotatable bonds is 16. The van der Waals surface area contributed by atoms with Crippen molar-refractivity contribution >= 4 is 17.2 Å². The standard InChI is InChI=1S/C21H42N4O.C12H13NOS.K.W/c1-21(2,3)20(24-18-14-13-17-23-18)25-19(26)15-11-9-7-5-4-6-8-10-12-16-22;1-8-12(15-7-13-8)11-5-3-10(4-6-11)9(2)14;;/h18,20H,4-17,22H2,1-3H3,(H,25,26);3-7,9,14H,1-2H3;;/q-2;;+1;. The molecule has 1 fully saturated rings. The number of aryl methyl sites for hydroxylation is 1. The molecule has 1 aromatic carbocycles. The predicted molar refractivity (Wildman–Crippen MR) is 174 cm³/mol. The van der Waals surface area contributed by atoms with Crippen LogP contribution in [-0.4, -0.2) is 41.4 Å². The molecule has 0 saturated carbocycles. The number of unbranched alkanes of at least 4 members (excludes halogenated alkanes) is 8. The van der Waals surface area contributed by atoms with Crippen molar-refractivity contribution in [1.29, 1.82) is 0 Å². The second-order valence-corrected chi connectivity index (χ2v) is 13.2. The third-order valence-corrected chi connectivity index (χ3v) is 8.39. The fourth-order valence-corrected chi connectivity index (χ4v) is 5.57. The molecule has 3 rings (SSSR count). The van der Waals surface area contributed by atoms with E-state index >= 15 is 0 Å². The largest absolute Gasteiger partial charge is 1.00 e. The average molecular weight is 809 g/mol. The van der Waals surface area contributed by atoms with Crippen LogP contribution in [0.5, 0.6) is 0 Å². The average Bonchev–Trinajstić information content (AvgIpc) is 3.61. The van der Waals surface area contributed by atoms with Crippen molar-refractivity contribution in [2.24, 2.45) is 11.1 Å². The number of hydrogen-bond donors (Lipinski definition) is 3. The number of nitrogens with zero attached hydrogens (tertiary/aromatic N) is 3. The van der Waals surface area contributed by atoms with E-state index in [4.69, 9.17) is 11.1 Å². The van der Waals surface area contributed by atoms with Gasteiger partial charge in [-0.25, -0.2) is 11.1 Å². The van der Waals surface area contributed by atoms with Gasteiger partial charge in [-0.05, 0) is 49.8 Å². The minimum atomic E-state index is -0.401. The molecule has 4 N–H and O–H groups in total. The zero-order valence-electron chi connectivity index (χ0n) is 27.6. The van der Waals surface area contributed by atoms with Gasteiger partial charge < -0.3 is 26.8 Å². The summed E-state index contributed by atoms with van der Waals surface area (Å²) in [5.41, 5.74) is 10.5. The molecule has 0 aliphatic carbocycles. The smallest absolute Gasteiger partial charge is 0.678 e. The molecule has 43 heavy (non-hydrogen) atoms. The fraction of sp³-hybridized carbons (Fsp3) is 0.697. The third kappa shape index (κ3) is 18.4. The zero-order chi connectivity index (χ0) is 30.1. The van der Waals surface area contributed by atoms with Gasteiger partial charge in [-0.3, -0.25) is 4.79 Å². The van der Waals surface area contributed by atoms with Crippen molar-refractivity contribution < 1.29 is 82.4 Å². The van der Waals surface area contributed by atoms with Gasteiger partial charge >= 0.3 is 51.4 Å². The Kier molecular flexibility index (Phi) is 24.9. The Bertz CT molecular complexity index is 978. The summed E-state index contributed by atoms with van der Waals surface area (Å²) in [6, 6.07) is 7.98. The third-order valence-electron chi connectivity index (χ3n) is 7.41. The number of aliphatic hydroxyl groups excluding tert-OH is 1. The summed E-state index contributed by atoms with van der Waals surface area (Å²) in [5.74, 6) is 0.133. The number of benzene rings is 1. The minimum absolute atomic E-state index is 0. The number of nitrogens with two attached hydrogens (primary N) is 1. The van der Waals surface area contributed by atoms with Gasteiger partial charge in [-0.15, -0.1) is 11.3 Å². The number of carbonyl (C=O) groups is 1. The summed E-state index contributed by atoms with van der Waals surface area (Å²) in [6.45, 7) is 11.9. The molecule has 238 valence electrons. The van der Waals surface area contributed by atoms with E-state index in [-0.39, 0.29) is 96.1 Å². The molecule has 0 bridgehead atoms. The van der Waals surface area contributed by atoms with Crippen molar-refractivity contribution in [3.05, 3.63) is 51.7 Å².